The molecule has 2 unspecified atom stereocenters. The van der Waals surface area contributed by atoms with Gasteiger partial charge in [0.1, 0.15) is 19.3 Å². The minimum Gasteiger partial charge on any atom is -0.640 e. The van der Waals surface area contributed by atoms with Crippen molar-refractivity contribution in [2.45, 2.75) is 20.0 Å². The quantitative estimate of drug-likeness (QED) is 0.170. The summed E-state index contributed by atoms with van der Waals surface area (Å²) in [6.07, 6.45) is -1.10. The molecule has 0 amide bonds. The number of rotatable bonds is 10. The van der Waals surface area contributed by atoms with Crippen molar-refractivity contribution in [3.05, 3.63) is 19.3 Å². The van der Waals surface area contributed by atoms with E-state index >= 15 is 0 Å². The molecular weight excluding hydrogens is 579 g/mol. The summed E-state index contributed by atoms with van der Waals surface area (Å²) in [6, 6.07) is 0. The smallest absolute Gasteiger partial charge is 0.333 e. The Kier molecular flexibility index (Phi) is 11.9. The molecule has 9 heteroatoms. The van der Waals surface area contributed by atoms with Crippen LogP contribution in [0.15, 0.2) is 12.2 Å². The first kappa shape index (κ1) is 22.7. The van der Waals surface area contributed by atoms with E-state index in [2.05, 4.69) is 18.4 Å². The van der Waals surface area contributed by atoms with Crippen molar-refractivity contribution < 1.29 is 33.7 Å². The van der Waals surface area contributed by atoms with Gasteiger partial charge in [0, 0.05) is 11.3 Å². The average Bonchev–Trinajstić information content (AvgIpc) is 2.49. The first-order valence-electron chi connectivity index (χ1n) is 6.47. The van der Waals surface area contributed by atoms with Gasteiger partial charge in [0.2, 0.25) is 0 Å². The van der Waals surface area contributed by atoms with E-state index < -0.39 is 24.0 Å². The first-order chi connectivity index (χ1) is 10.3. The fourth-order valence-electron chi connectivity index (χ4n) is 1.10. The van der Waals surface area contributed by atoms with Gasteiger partial charge in [0.15, 0.2) is 0 Å². The van der Waals surface area contributed by atoms with Gasteiger partial charge in [-0.05, 0) is 6.92 Å². The van der Waals surface area contributed by atoms with Crippen molar-refractivity contribution in [1.82, 2.24) is 0 Å². The van der Waals surface area contributed by atoms with Gasteiger partial charge in [-0.2, -0.15) is 7.11 Å². The third-order valence-corrected chi connectivity index (χ3v) is 3.50. The number of aliphatic hydroxyl groups excluding tert-OH is 1. The Bertz CT molecular complexity index is 414. The maximum atomic E-state index is 11.4. The largest absolute Gasteiger partial charge is 0.640 e. The van der Waals surface area contributed by atoms with Crippen LogP contribution in [-0.2, 0) is 28.6 Å². The van der Waals surface area contributed by atoms with E-state index in [-0.39, 0.29) is 30.5 Å². The summed E-state index contributed by atoms with van der Waals surface area (Å²) in [5, 5.41) is 9.49. The molecule has 0 spiro atoms. The zero-order chi connectivity index (χ0) is 17.1. The van der Waals surface area contributed by atoms with E-state index in [1.807, 2.05) is 0 Å². The van der Waals surface area contributed by atoms with Crippen LogP contribution < -0.4 is 0 Å². The van der Waals surface area contributed by atoms with E-state index in [0.29, 0.717) is 5.75 Å². The van der Waals surface area contributed by atoms with Crippen LogP contribution in [0.4, 0.5) is 0 Å². The van der Waals surface area contributed by atoms with Crippen molar-refractivity contribution in [3.8, 4) is 0 Å². The molecule has 0 aliphatic carbocycles. The first-order valence-corrected chi connectivity index (χ1v) is 7.63. The topological polar surface area (TPSA) is 99.1 Å². The Labute approximate surface area is 134 Å². The van der Waals surface area contributed by atoms with Crippen molar-refractivity contribution in [3.63, 3.8) is 0 Å². The van der Waals surface area contributed by atoms with Gasteiger partial charge >= 0.3 is 11.9 Å². The molecule has 0 aliphatic heterocycles. The van der Waals surface area contributed by atoms with Crippen LogP contribution in [0.25, 0.3) is 0 Å². The fourth-order valence-corrected chi connectivity index (χ4v) is 1.96. The molecule has 2 atom stereocenters. The van der Waals surface area contributed by atoms with E-state index in [1.54, 1.807) is 6.92 Å². The predicted molar refractivity (Wildman–Crippen MR) is 80.7 cm³/mol. The number of thioether (sulfide) groups is 1. The maximum Gasteiger partial charge on any atom is 0.333 e. The van der Waals surface area contributed by atoms with Gasteiger partial charge in [-0.15, -0.1) is 11.8 Å². The Morgan fingerprint density at radius 3 is 2.35 bits per heavy atom. The summed E-state index contributed by atoms with van der Waals surface area (Å²) < 4.78 is 13.8. The SMILES string of the molecule is C=C(C)C(=O)OCC(O)COC(=O)CSCC(C)C(=O)O[CH2-].[Rf]. The Morgan fingerprint density at radius 2 is 1.83 bits per heavy atom. The Balaban J connectivity index is 0. The normalized spacial score (nSPS) is 12.3. The second kappa shape index (κ2) is 12.0. The molecule has 1 N–H and O–H groups in total. The molecule has 0 heterocycles. The van der Waals surface area contributed by atoms with Gasteiger partial charge in [0.05, 0.1) is 11.7 Å². The molecule has 128 valence electrons. The summed E-state index contributed by atoms with van der Waals surface area (Å²) in [6.45, 7) is 5.98. The van der Waals surface area contributed by atoms with Crippen LogP contribution >= 0.6 is 11.8 Å². The number of carbonyl (C=O) groups excluding carboxylic acids is 3. The zero-order valence-corrected chi connectivity index (χ0v) is 20.6. The Morgan fingerprint density at radius 1 is 1.26 bits per heavy atom. The van der Waals surface area contributed by atoms with Crippen LogP contribution in [0.5, 0.6) is 0 Å². The molecule has 0 aromatic heterocycles. The van der Waals surface area contributed by atoms with Gasteiger partial charge in [-0.3, -0.25) is 9.59 Å². The number of carbonyl (C=O) groups is 3. The third-order valence-electron chi connectivity index (χ3n) is 2.32. The maximum absolute atomic E-state index is 11.4. The van der Waals surface area contributed by atoms with Crippen molar-refractivity contribution in [1.29, 1.82) is 0 Å². The standard InChI is InChI=1S/C14H21O7S.Rf/c1-9(2)13(17)21-6-11(15)5-20-12(16)8-22-7-10(3)14(18)19-4;/h10-11,15H,1,4-8H2,2-3H3;/q-1;. The van der Waals surface area contributed by atoms with Crippen LogP contribution in [0.1, 0.15) is 13.8 Å². The molecule has 0 bridgehead atoms. The summed E-state index contributed by atoms with van der Waals surface area (Å²) in [5.74, 6) is -1.55. The molecule has 0 fully saturated rings. The van der Waals surface area contributed by atoms with Crippen LogP contribution in [0.2, 0.25) is 0 Å². The molecular formula is C14H21O7RfS-. The van der Waals surface area contributed by atoms with Gasteiger partial charge in [-0.25, -0.2) is 4.79 Å². The van der Waals surface area contributed by atoms with Crippen LogP contribution in [-0.4, -0.2) is 53.8 Å². The molecule has 0 aromatic rings. The van der Waals surface area contributed by atoms with Crippen LogP contribution in [0.3, 0.4) is 0 Å². The minimum atomic E-state index is -1.10. The second-order valence-corrected chi connectivity index (χ2v) is 5.63. The average molecular weight is 600 g/mol. The molecule has 7 nitrogen and oxygen atoms in total. The second-order valence-electron chi connectivity index (χ2n) is 4.60. The predicted octanol–water partition coefficient (Wildman–Crippen LogP) is 0.714. The number of aliphatic hydroxyl groups is 1. The van der Waals surface area contributed by atoms with Crippen molar-refractivity contribution in [2.75, 3.05) is 24.7 Å². The van der Waals surface area contributed by atoms with E-state index in [4.69, 9.17) is 9.47 Å². The number of ether oxygens (including phenoxy) is 3. The van der Waals surface area contributed by atoms with E-state index in [9.17, 15) is 19.5 Å². The van der Waals surface area contributed by atoms with E-state index in [0.717, 1.165) is 0 Å². The van der Waals surface area contributed by atoms with Gasteiger partial charge in [0.25, 0.3) is 5.97 Å². The van der Waals surface area contributed by atoms with E-state index in [1.165, 1.54) is 18.7 Å². The van der Waals surface area contributed by atoms with Crippen LogP contribution in [0, 0.1) is 13.0 Å². The summed E-state index contributed by atoms with van der Waals surface area (Å²) in [4.78, 5) is 33.6. The molecule has 0 rings (SSSR count). The third kappa shape index (κ3) is 10.8. The zero-order valence-electron chi connectivity index (χ0n) is 13.4. The number of esters is 3. The molecule has 23 heavy (non-hydrogen) atoms. The molecule has 0 aliphatic rings. The molecule has 0 saturated carbocycles. The Hall–Kier alpha value is -2.54. The van der Waals surface area contributed by atoms with Crippen molar-refractivity contribution >= 4 is 29.7 Å². The monoisotopic (exact) mass is 600 g/mol. The molecule has 0 radical (unpaired) electrons. The van der Waals surface area contributed by atoms with Crippen molar-refractivity contribution in [2.24, 2.45) is 5.92 Å². The summed E-state index contributed by atoms with van der Waals surface area (Å²) in [5.41, 5.74) is 0.218. The number of hydrogen-bond acceptors (Lipinski definition) is 8. The molecule has 0 aromatic carbocycles. The number of hydrogen-bond donors (Lipinski definition) is 1. The summed E-state index contributed by atoms with van der Waals surface area (Å²) >= 11 is 1.21. The minimum absolute atomic E-state index is 0. The molecule has 0 saturated heterocycles. The van der Waals surface area contributed by atoms with Gasteiger partial charge in [-0.1, -0.05) is 13.5 Å². The fraction of sp³-hybridized carbons (Fsp3) is 0.571. The summed E-state index contributed by atoms with van der Waals surface area (Å²) in [7, 11) is 3.02. The van der Waals surface area contributed by atoms with Gasteiger partial charge < -0.3 is 19.3 Å².